The topological polar surface area (TPSA) is 90.9 Å². The van der Waals surface area contributed by atoms with Crippen molar-refractivity contribution in [1.29, 1.82) is 5.26 Å². The van der Waals surface area contributed by atoms with Gasteiger partial charge in [-0.25, -0.2) is 4.98 Å². The molecule has 0 spiro atoms. The van der Waals surface area contributed by atoms with E-state index in [1.165, 1.54) is 0 Å². The number of nitriles is 1. The Labute approximate surface area is 169 Å². The summed E-state index contributed by atoms with van der Waals surface area (Å²) in [6.45, 7) is 3.52. The number of aliphatic hydroxyl groups is 1. The molecule has 0 radical (unpaired) electrons. The van der Waals surface area contributed by atoms with Crippen molar-refractivity contribution >= 4 is 22.9 Å². The maximum absolute atomic E-state index is 12.8. The fraction of sp³-hybridized carbons (Fsp3) is 0.348. The van der Waals surface area contributed by atoms with Crippen LogP contribution < -0.4 is 5.32 Å². The molecule has 1 atom stereocenters. The molecule has 29 heavy (non-hydrogen) atoms. The molecule has 0 saturated heterocycles. The number of carbonyl (C=O) groups excluding carboxylic acids is 1. The quantitative estimate of drug-likeness (QED) is 0.686. The number of benzene rings is 2. The molecule has 1 heterocycles. The van der Waals surface area contributed by atoms with E-state index in [-0.39, 0.29) is 18.4 Å². The van der Waals surface area contributed by atoms with Gasteiger partial charge in [-0.2, -0.15) is 5.26 Å². The van der Waals surface area contributed by atoms with E-state index in [4.69, 9.17) is 0 Å². The molecular weight excluding hydrogens is 364 g/mol. The molecule has 148 valence electrons. The third-order valence-electron chi connectivity index (χ3n) is 5.75. The van der Waals surface area contributed by atoms with Gasteiger partial charge in [0.15, 0.2) is 0 Å². The van der Waals surface area contributed by atoms with Crippen LogP contribution in [0.4, 0.5) is 5.95 Å². The molecule has 1 amide bonds. The van der Waals surface area contributed by atoms with Gasteiger partial charge in [0.25, 0.3) is 0 Å². The summed E-state index contributed by atoms with van der Waals surface area (Å²) in [4.78, 5) is 17.4. The molecule has 6 heteroatoms. The lowest BCUT2D eigenvalue weighted by Gasteiger charge is -2.29. The normalized spacial score (nSPS) is 16.1. The van der Waals surface area contributed by atoms with E-state index in [9.17, 15) is 15.2 Å². The number of carbonyl (C=O) groups is 1. The van der Waals surface area contributed by atoms with Crippen molar-refractivity contribution in [1.82, 2.24) is 9.55 Å². The Hall–Kier alpha value is -3.17. The number of aryl methyl sites for hydroxylation is 1. The maximum Gasteiger partial charge on any atom is 0.229 e. The van der Waals surface area contributed by atoms with Gasteiger partial charge in [0.05, 0.1) is 34.7 Å². The highest BCUT2D eigenvalue weighted by atomic mass is 16.3. The van der Waals surface area contributed by atoms with Crippen LogP contribution in [0.25, 0.3) is 11.0 Å². The third kappa shape index (κ3) is 3.62. The van der Waals surface area contributed by atoms with Crippen LogP contribution in [0.1, 0.15) is 55.3 Å². The molecule has 0 aliphatic heterocycles. The highest BCUT2D eigenvalue weighted by Crippen LogP contribution is 2.38. The fourth-order valence-corrected chi connectivity index (χ4v) is 3.85. The van der Waals surface area contributed by atoms with Gasteiger partial charge in [-0.1, -0.05) is 30.3 Å². The Balaban J connectivity index is 1.65. The highest BCUT2D eigenvalue weighted by Gasteiger charge is 2.29. The molecule has 4 rings (SSSR count). The summed E-state index contributed by atoms with van der Waals surface area (Å²) in [5, 5.41) is 23.1. The number of amides is 1. The maximum atomic E-state index is 12.8. The first kappa shape index (κ1) is 19.2. The summed E-state index contributed by atoms with van der Waals surface area (Å²) in [7, 11) is 0. The van der Waals surface area contributed by atoms with Crippen LogP contribution in [0, 0.1) is 18.3 Å². The zero-order valence-corrected chi connectivity index (χ0v) is 16.6. The van der Waals surface area contributed by atoms with E-state index in [0.29, 0.717) is 17.1 Å². The number of hydrogen-bond acceptors (Lipinski definition) is 4. The van der Waals surface area contributed by atoms with Crippen molar-refractivity contribution in [3.8, 4) is 6.07 Å². The predicted molar refractivity (Wildman–Crippen MR) is 111 cm³/mol. The Morgan fingerprint density at radius 2 is 2.07 bits per heavy atom. The number of fused-ring (bicyclic) bond motifs is 1. The molecular formula is C23H24N4O2. The summed E-state index contributed by atoms with van der Waals surface area (Å²) < 4.78 is 2.04. The van der Waals surface area contributed by atoms with E-state index in [2.05, 4.69) is 16.4 Å². The molecule has 1 fully saturated rings. The monoisotopic (exact) mass is 388 g/mol. The lowest BCUT2D eigenvalue weighted by molar-refractivity contribution is -0.120. The van der Waals surface area contributed by atoms with Crippen molar-refractivity contribution < 1.29 is 9.90 Å². The van der Waals surface area contributed by atoms with Crippen LogP contribution >= 0.6 is 0 Å². The van der Waals surface area contributed by atoms with E-state index in [1.54, 1.807) is 6.92 Å². The van der Waals surface area contributed by atoms with Gasteiger partial charge >= 0.3 is 0 Å². The Bertz CT molecular complexity index is 1110. The standard InChI is InChI=1S/C23H24N4O2/c1-15-11-19-20(12-16(15)14-24)27(18-9-6-10-18)22(25-19)26-21(28)13-23(2,29)17-7-4-3-5-8-17/h3-5,7-8,11-12,18,29H,6,9-10,13H2,1-2H3,(H,25,26,28)/t23-/m0/s1. The molecule has 1 aromatic heterocycles. The van der Waals surface area contributed by atoms with Crippen molar-refractivity contribution in [3.05, 3.63) is 59.2 Å². The summed E-state index contributed by atoms with van der Waals surface area (Å²) in [6, 6.07) is 15.4. The molecule has 1 aliphatic carbocycles. The number of anilines is 1. The largest absolute Gasteiger partial charge is 0.385 e. The van der Waals surface area contributed by atoms with Crippen LogP contribution in [-0.4, -0.2) is 20.6 Å². The third-order valence-corrected chi connectivity index (χ3v) is 5.75. The Morgan fingerprint density at radius 1 is 1.34 bits per heavy atom. The number of rotatable bonds is 5. The number of nitrogens with zero attached hydrogens (tertiary/aromatic N) is 3. The second-order valence-corrected chi connectivity index (χ2v) is 8.02. The SMILES string of the molecule is Cc1cc2nc(NC(=O)C[C@](C)(O)c3ccccc3)n(C3CCC3)c2cc1C#N. The van der Waals surface area contributed by atoms with Gasteiger partial charge in [-0.3, -0.25) is 10.1 Å². The van der Waals surface area contributed by atoms with E-state index >= 15 is 0 Å². The van der Waals surface area contributed by atoms with Crippen molar-refractivity contribution in [3.63, 3.8) is 0 Å². The van der Waals surface area contributed by atoms with E-state index in [0.717, 1.165) is 35.9 Å². The summed E-state index contributed by atoms with van der Waals surface area (Å²) in [5.74, 6) is 0.181. The van der Waals surface area contributed by atoms with Gasteiger partial charge in [-0.05, 0) is 56.4 Å². The van der Waals surface area contributed by atoms with Gasteiger partial charge in [0.1, 0.15) is 0 Å². The van der Waals surface area contributed by atoms with Crippen LogP contribution in [-0.2, 0) is 10.4 Å². The van der Waals surface area contributed by atoms with Crippen LogP contribution in [0.15, 0.2) is 42.5 Å². The second kappa shape index (κ2) is 7.34. The van der Waals surface area contributed by atoms with E-state index < -0.39 is 5.60 Å². The summed E-state index contributed by atoms with van der Waals surface area (Å²) in [6.07, 6.45) is 3.10. The van der Waals surface area contributed by atoms with Gasteiger partial charge < -0.3 is 9.67 Å². The minimum Gasteiger partial charge on any atom is -0.385 e. The molecule has 0 unspecified atom stereocenters. The van der Waals surface area contributed by atoms with Crippen molar-refractivity contribution in [2.24, 2.45) is 0 Å². The summed E-state index contributed by atoms with van der Waals surface area (Å²) in [5.41, 5.74) is 2.52. The predicted octanol–water partition coefficient (Wildman–Crippen LogP) is 4.18. The Morgan fingerprint density at radius 3 is 2.69 bits per heavy atom. The molecule has 0 bridgehead atoms. The minimum absolute atomic E-state index is 0.0760. The molecule has 1 saturated carbocycles. The van der Waals surface area contributed by atoms with Crippen molar-refractivity contribution in [2.45, 2.75) is 51.2 Å². The summed E-state index contributed by atoms with van der Waals surface area (Å²) >= 11 is 0. The van der Waals surface area contributed by atoms with Crippen LogP contribution in [0.2, 0.25) is 0 Å². The van der Waals surface area contributed by atoms with Gasteiger partial charge in [-0.15, -0.1) is 0 Å². The zero-order chi connectivity index (χ0) is 20.6. The smallest absolute Gasteiger partial charge is 0.229 e. The average Bonchev–Trinajstić information content (AvgIpc) is 2.96. The average molecular weight is 388 g/mol. The number of hydrogen-bond donors (Lipinski definition) is 2. The lowest BCUT2D eigenvalue weighted by atomic mass is 9.92. The van der Waals surface area contributed by atoms with Crippen LogP contribution in [0.3, 0.4) is 0 Å². The van der Waals surface area contributed by atoms with Gasteiger partial charge in [0, 0.05) is 6.04 Å². The number of aromatic nitrogens is 2. The first-order valence-electron chi connectivity index (χ1n) is 9.89. The van der Waals surface area contributed by atoms with Gasteiger partial charge in [0.2, 0.25) is 11.9 Å². The Kier molecular flexibility index (Phi) is 4.85. The first-order valence-corrected chi connectivity index (χ1v) is 9.89. The molecule has 1 aliphatic rings. The lowest BCUT2D eigenvalue weighted by Crippen LogP contribution is -2.30. The molecule has 6 nitrogen and oxygen atoms in total. The first-order chi connectivity index (χ1) is 13.9. The fourth-order valence-electron chi connectivity index (χ4n) is 3.85. The second-order valence-electron chi connectivity index (χ2n) is 8.02. The van der Waals surface area contributed by atoms with E-state index in [1.807, 2.05) is 54.0 Å². The van der Waals surface area contributed by atoms with Crippen molar-refractivity contribution in [2.75, 3.05) is 5.32 Å². The molecule has 3 aromatic rings. The highest BCUT2D eigenvalue weighted by molar-refractivity contribution is 5.92. The number of nitrogens with one attached hydrogen (secondary N) is 1. The number of imidazole rings is 1. The minimum atomic E-state index is -1.27. The zero-order valence-electron chi connectivity index (χ0n) is 16.6. The van der Waals surface area contributed by atoms with Crippen LogP contribution in [0.5, 0.6) is 0 Å². The molecule has 2 N–H and O–H groups in total. The molecule has 2 aromatic carbocycles.